The zero-order valence-electron chi connectivity index (χ0n) is 17.5. The van der Waals surface area contributed by atoms with Crippen molar-refractivity contribution in [3.63, 3.8) is 0 Å². The van der Waals surface area contributed by atoms with Crippen molar-refractivity contribution in [1.29, 1.82) is 0 Å². The molecule has 1 aliphatic rings. The first-order valence-corrected chi connectivity index (χ1v) is 12.2. The van der Waals surface area contributed by atoms with E-state index in [0.717, 1.165) is 24.3 Å². The van der Waals surface area contributed by atoms with Gasteiger partial charge in [-0.15, -0.1) is 0 Å². The van der Waals surface area contributed by atoms with E-state index >= 15 is 0 Å². The molecule has 0 bridgehead atoms. The molecule has 0 radical (unpaired) electrons. The highest BCUT2D eigenvalue weighted by atomic mass is 35.5. The lowest BCUT2D eigenvalue weighted by atomic mass is 10.3. The van der Waals surface area contributed by atoms with Gasteiger partial charge in [-0.1, -0.05) is 23.2 Å². The number of phenols is 1. The van der Waals surface area contributed by atoms with Gasteiger partial charge in [0.05, 0.1) is 15.7 Å². The van der Waals surface area contributed by atoms with Crippen LogP contribution < -0.4 is 16.0 Å². The molecule has 35 heavy (non-hydrogen) atoms. The number of aromatic hydroxyl groups is 1. The Balaban J connectivity index is 1.71. The van der Waals surface area contributed by atoms with Crippen LogP contribution >= 0.6 is 23.2 Å². The first-order chi connectivity index (χ1) is 16.5. The lowest BCUT2D eigenvalue weighted by molar-refractivity contribution is 0.141. The van der Waals surface area contributed by atoms with Gasteiger partial charge in [-0.3, -0.25) is 9.78 Å². The molecule has 0 saturated carbocycles. The molecule has 0 spiro atoms. The van der Waals surface area contributed by atoms with Crippen LogP contribution in [0.5, 0.6) is 17.2 Å². The number of H-pyrrole nitrogens is 1. The molecule has 10 nitrogen and oxygen atoms in total. The minimum atomic E-state index is -3.97. The number of phenolic OH excluding ortho intramolecular Hbond substituents is 1. The molecule has 0 atom stereocenters. The molecule has 1 aliphatic heterocycles. The summed E-state index contributed by atoms with van der Waals surface area (Å²) in [6, 6.07) is 5.82. The number of ether oxygens (including phenoxy) is 1. The monoisotopic (exact) mass is 548 g/mol. The van der Waals surface area contributed by atoms with E-state index in [1.807, 2.05) is 0 Å². The predicted octanol–water partition coefficient (Wildman–Crippen LogP) is 3.45. The molecule has 2 aromatic carbocycles. The molecular formula is C20H16Cl2F2N4O6S. The summed E-state index contributed by atoms with van der Waals surface area (Å²) >= 11 is 12.5. The van der Waals surface area contributed by atoms with Gasteiger partial charge < -0.3 is 9.84 Å². The lowest BCUT2D eigenvalue weighted by Gasteiger charge is -2.17. The number of halogens is 4. The fourth-order valence-electron chi connectivity index (χ4n) is 3.45. The number of rotatable bonds is 6. The average Bonchev–Trinajstić information content (AvgIpc) is 3.33. The number of sulfonamides is 1. The number of nitrogens with one attached hydrogen (secondary N) is 1. The molecular weight excluding hydrogens is 533 g/mol. The summed E-state index contributed by atoms with van der Waals surface area (Å²) in [5, 5.41) is 13.2. The second-order valence-corrected chi connectivity index (χ2v) is 10.2. The van der Waals surface area contributed by atoms with Crippen molar-refractivity contribution in [2.75, 3.05) is 13.1 Å². The third kappa shape index (κ3) is 4.89. The van der Waals surface area contributed by atoms with Crippen molar-refractivity contribution in [3.8, 4) is 22.9 Å². The average molecular weight is 549 g/mol. The molecule has 4 rings (SSSR count). The van der Waals surface area contributed by atoms with Crippen molar-refractivity contribution >= 4 is 33.2 Å². The van der Waals surface area contributed by atoms with Gasteiger partial charge in [0.15, 0.2) is 11.4 Å². The van der Waals surface area contributed by atoms with E-state index in [0.29, 0.717) is 30.6 Å². The highest BCUT2D eigenvalue weighted by Crippen LogP contribution is 2.40. The maximum atomic E-state index is 13.0. The van der Waals surface area contributed by atoms with E-state index in [9.17, 15) is 31.9 Å². The SMILES string of the molecule is O=c1[nH]c(=O)n(-c2cc(Cl)c(Oc3ccc(O)c(S(=O)(=O)N4CCCC4)c3)c(Cl)c2)nc1C(F)F. The quantitative estimate of drug-likeness (QED) is 0.481. The first kappa shape index (κ1) is 25.1. The molecule has 0 amide bonds. The molecule has 1 fully saturated rings. The number of benzene rings is 2. The number of alkyl halides is 2. The van der Waals surface area contributed by atoms with E-state index < -0.39 is 39.1 Å². The first-order valence-electron chi connectivity index (χ1n) is 10.0. The van der Waals surface area contributed by atoms with Gasteiger partial charge in [-0.05, 0) is 37.1 Å². The maximum Gasteiger partial charge on any atom is 0.349 e. The lowest BCUT2D eigenvalue weighted by Crippen LogP contribution is -2.34. The highest BCUT2D eigenvalue weighted by Gasteiger charge is 2.30. The van der Waals surface area contributed by atoms with Gasteiger partial charge in [-0.2, -0.15) is 14.1 Å². The molecule has 186 valence electrons. The Morgan fingerprint density at radius 3 is 2.31 bits per heavy atom. The number of hydrogen-bond acceptors (Lipinski definition) is 7. The number of aromatic nitrogens is 3. The molecule has 2 N–H and O–H groups in total. The van der Waals surface area contributed by atoms with Crippen molar-refractivity contribution in [3.05, 3.63) is 66.9 Å². The van der Waals surface area contributed by atoms with Gasteiger partial charge in [-0.25, -0.2) is 22.0 Å². The van der Waals surface area contributed by atoms with E-state index in [-0.39, 0.29) is 32.1 Å². The fraction of sp³-hybridized carbons (Fsp3) is 0.250. The second-order valence-electron chi connectivity index (χ2n) is 7.44. The van der Waals surface area contributed by atoms with Crippen molar-refractivity contribution in [1.82, 2.24) is 19.1 Å². The zero-order valence-corrected chi connectivity index (χ0v) is 19.9. The molecule has 0 aliphatic carbocycles. The van der Waals surface area contributed by atoms with Crippen LogP contribution in [-0.2, 0) is 10.0 Å². The van der Waals surface area contributed by atoms with Crippen LogP contribution in [0.2, 0.25) is 10.0 Å². The minimum absolute atomic E-state index is 0.0172. The Labute approximate surface area is 206 Å². The minimum Gasteiger partial charge on any atom is -0.507 e. The summed E-state index contributed by atoms with van der Waals surface area (Å²) in [5.74, 6) is -0.620. The molecule has 2 heterocycles. The Morgan fingerprint density at radius 2 is 1.71 bits per heavy atom. The van der Waals surface area contributed by atoms with Crippen molar-refractivity contribution in [2.24, 2.45) is 0 Å². The molecule has 0 unspecified atom stereocenters. The van der Waals surface area contributed by atoms with Crippen molar-refractivity contribution in [2.45, 2.75) is 24.2 Å². The number of nitrogens with zero attached hydrogens (tertiary/aromatic N) is 3. The second kappa shape index (κ2) is 9.57. The van der Waals surface area contributed by atoms with Crippen LogP contribution in [0, 0.1) is 0 Å². The van der Waals surface area contributed by atoms with Crippen molar-refractivity contribution < 1.29 is 27.0 Å². The van der Waals surface area contributed by atoms with Gasteiger partial charge in [0.1, 0.15) is 16.4 Å². The van der Waals surface area contributed by atoms with Gasteiger partial charge in [0, 0.05) is 19.2 Å². The van der Waals surface area contributed by atoms with Crippen LogP contribution in [0.3, 0.4) is 0 Å². The predicted molar refractivity (Wildman–Crippen MR) is 122 cm³/mol. The van der Waals surface area contributed by atoms with Crippen LogP contribution in [0.15, 0.2) is 44.8 Å². The molecule has 3 aromatic rings. The Morgan fingerprint density at radius 1 is 1.09 bits per heavy atom. The smallest absolute Gasteiger partial charge is 0.349 e. The maximum absolute atomic E-state index is 13.0. The van der Waals surface area contributed by atoms with E-state index in [2.05, 4.69) is 5.10 Å². The number of aromatic amines is 1. The third-order valence-corrected chi connectivity index (χ3v) is 7.61. The summed E-state index contributed by atoms with van der Waals surface area (Å²) in [6.07, 6.45) is -1.82. The van der Waals surface area contributed by atoms with E-state index in [4.69, 9.17) is 27.9 Å². The summed E-state index contributed by atoms with van der Waals surface area (Å²) < 4.78 is 59.2. The van der Waals surface area contributed by atoms with Gasteiger partial charge in [0.2, 0.25) is 10.0 Å². The summed E-state index contributed by atoms with van der Waals surface area (Å²) in [5.41, 5.74) is -3.74. The third-order valence-electron chi connectivity index (χ3n) is 5.12. The summed E-state index contributed by atoms with van der Waals surface area (Å²) in [4.78, 5) is 25.0. The Bertz CT molecular complexity index is 1500. The molecule has 1 saturated heterocycles. The van der Waals surface area contributed by atoms with Gasteiger partial charge in [0.25, 0.3) is 12.0 Å². The molecule has 1 aromatic heterocycles. The zero-order chi connectivity index (χ0) is 25.5. The standard InChI is InChI=1S/C20H16Cl2F2N4O6S/c21-12-7-10(28-20(31)25-19(30)16(26-28)18(23)24)8-13(22)17(12)34-11-3-4-14(29)15(9-11)35(32,33)27-5-1-2-6-27/h3-4,7-9,18,29H,1-2,5-6H2,(H,25,30,31). The topological polar surface area (TPSA) is 135 Å². The van der Waals surface area contributed by atoms with E-state index in [1.165, 1.54) is 10.4 Å². The fourth-order valence-corrected chi connectivity index (χ4v) is 5.61. The van der Waals surface area contributed by atoms with Crippen LogP contribution in [0.4, 0.5) is 8.78 Å². The Hall–Kier alpha value is -3.00. The largest absolute Gasteiger partial charge is 0.507 e. The van der Waals surface area contributed by atoms with Crippen LogP contribution in [-0.4, -0.2) is 45.7 Å². The van der Waals surface area contributed by atoms with Gasteiger partial charge >= 0.3 is 5.69 Å². The summed E-state index contributed by atoms with van der Waals surface area (Å²) in [7, 11) is -3.97. The van der Waals surface area contributed by atoms with E-state index in [1.54, 1.807) is 4.98 Å². The Kier molecular flexibility index (Phi) is 6.86. The summed E-state index contributed by atoms with van der Waals surface area (Å²) in [6.45, 7) is 0.662. The van der Waals surface area contributed by atoms with Crippen LogP contribution in [0.1, 0.15) is 25.0 Å². The molecule has 15 heteroatoms. The normalized spacial score (nSPS) is 14.5. The number of hydrogen-bond donors (Lipinski definition) is 2. The highest BCUT2D eigenvalue weighted by molar-refractivity contribution is 7.89. The van der Waals surface area contributed by atoms with Crippen LogP contribution in [0.25, 0.3) is 5.69 Å².